The first kappa shape index (κ1) is 21.0. The molecule has 0 bridgehead atoms. The maximum absolute atomic E-state index is 12.1. The Hall–Kier alpha value is -1.30. The summed E-state index contributed by atoms with van der Waals surface area (Å²) in [5, 5.41) is 9.52. The summed E-state index contributed by atoms with van der Waals surface area (Å²) in [5.41, 5.74) is -0.464. The average Bonchev–Trinajstić information content (AvgIpc) is 3.03. The van der Waals surface area contributed by atoms with E-state index in [2.05, 4.69) is 16.0 Å². The fraction of sp³-hybridized carbons (Fsp3) is 0.900. The van der Waals surface area contributed by atoms with Gasteiger partial charge in [-0.15, -0.1) is 0 Å². The number of hydrogen-bond acceptors (Lipinski definition) is 4. The molecule has 2 rings (SSSR count). The van der Waals surface area contributed by atoms with Gasteiger partial charge in [0.1, 0.15) is 5.60 Å². The Morgan fingerprint density at radius 2 is 1.65 bits per heavy atom. The van der Waals surface area contributed by atoms with Gasteiger partial charge in [-0.05, 0) is 52.4 Å². The van der Waals surface area contributed by atoms with Crippen molar-refractivity contribution < 1.29 is 14.3 Å². The zero-order valence-electron chi connectivity index (χ0n) is 16.7. The first-order valence-corrected chi connectivity index (χ1v) is 10.3. The van der Waals surface area contributed by atoms with E-state index >= 15 is 0 Å². The Bertz CT molecular complexity index is 456. The van der Waals surface area contributed by atoms with E-state index in [1.165, 1.54) is 25.7 Å². The third kappa shape index (κ3) is 7.52. The molecule has 2 aliphatic rings. The van der Waals surface area contributed by atoms with Crippen LogP contribution in [0.1, 0.15) is 72.1 Å². The van der Waals surface area contributed by atoms with E-state index in [9.17, 15) is 9.59 Å². The van der Waals surface area contributed by atoms with Gasteiger partial charge in [0.25, 0.3) is 0 Å². The molecule has 0 aliphatic heterocycles. The molecule has 2 saturated carbocycles. The van der Waals surface area contributed by atoms with Crippen LogP contribution < -0.4 is 16.0 Å². The summed E-state index contributed by atoms with van der Waals surface area (Å²) in [5.74, 6) is 0.874. The van der Waals surface area contributed by atoms with Crippen LogP contribution in [0.4, 0.5) is 4.79 Å². The van der Waals surface area contributed by atoms with Crippen LogP contribution in [-0.4, -0.2) is 43.3 Å². The number of carbonyl (C=O) groups excluding carboxylic acids is 2. The van der Waals surface area contributed by atoms with Gasteiger partial charge in [0, 0.05) is 31.6 Å². The number of ether oxygens (including phenoxy) is 1. The van der Waals surface area contributed by atoms with Crippen LogP contribution in [-0.2, 0) is 9.53 Å². The fourth-order valence-electron chi connectivity index (χ4n) is 4.03. The second-order valence-corrected chi connectivity index (χ2v) is 8.76. The Labute approximate surface area is 158 Å². The van der Waals surface area contributed by atoms with Crippen molar-refractivity contribution in [3.8, 4) is 0 Å². The quantitative estimate of drug-likeness (QED) is 0.605. The zero-order valence-corrected chi connectivity index (χ0v) is 16.7. The van der Waals surface area contributed by atoms with Crippen LogP contribution in [0.5, 0.6) is 0 Å². The van der Waals surface area contributed by atoms with E-state index < -0.39 is 5.60 Å². The first-order chi connectivity index (χ1) is 12.3. The van der Waals surface area contributed by atoms with E-state index in [4.69, 9.17) is 4.74 Å². The minimum Gasteiger partial charge on any atom is -0.444 e. The highest BCUT2D eigenvalue weighted by atomic mass is 16.6. The molecule has 2 atom stereocenters. The van der Waals surface area contributed by atoms with Crippen molar-refractivity contribution in [1.82, 2.24) is 16.0 Å². The standard InChI is InChI=1S/C20H37N3O3/c1-20(2,3)26-19(25)23-14-16-10-7-11-17(16)21-12-13-22-18(24)15-8-5-4-6-9-15/h15-17,21H,4-14H2,1-3H3,(H,22,24)(H,23,25)/t16-,17-/m0/s1. The zero-order chi connectivity index (χ0) is 19.0. The lowest BCUT2D eigenvalue weighted by molar-refractivity contribution is -0.125. The van der Waals surface area contributed by atoms with Crippen LogP contribution in [0, 0.1) is 11.8 Å². The fourth-order valence-corrected chi connectivity index (χ4v) is 4.03. The first-order valence-electron chi connectivity index (χ1n) is 10.3. The van der Waals surface area contributed by atoms with Gasteiger partial charge < -0.3 is 20.7 Å². The van der Waals surface area contributed by atoms with Gasteiger partial charge in [0.15, 0.2) is 0 Å². The normalized spacial score (nSPS) is 24.3. The van der Waals surface area contributed by atoms with Crippen LogP contribution in [0.3, 0.4) is 0 Å². The Kier molecular flexibility index (Phi) is 8.19. The summed E-state index contributed by atoms with van der Waals surface area (Å²) >= 11 is 0. The molecule has 0 radical (unpaired) electrons. The molecule has 2 fully saturated rings. The summed E-state index contributed by atoms with van der Waals surface area (Å²) in [4.78, 5) is 24.0. The Balaban J connectivity index is 1.60. The van der Waals surface area contributed by atoms with E-state index in [0.29, 0.717) is 25.0 Å². The number of rotatable bonds is 7. The largest absolute Gasteiger partial charge is 0.444 e. The van der Waals surface area contributed by atoms with Gasteiger partial charge in [0.05, 0.1) is 0 Å². The molecule has 0 unspecified atom stereocenters. The molecule has 0 aromatic rings. The minimum atomic E-state index is -0.464. The molecular weight excluding hydrogens is 330 g/mol. The van der Waals surface area contributed by atoms with Crippen molar-refractivity contribution in [2.45, 2.75) is 83.8 Å². The van der Waals surface area contributed by atoms with Gasteiger partial charge >= 0.3 is 6.09 Å². The number of nitrogens with one attached hydrogen (secondary N) is 3. The van der Waals surface area contributed by atoms with Crippen LogP contribution in [0.15, 0.2) is 0 Å². The third-order valence-corrected chi connectivity index (χ3v) is 5.37. The van der Waals surface area contributed by atoms with Crippen molar-refractivity contribution in [1.29, 1.82) is 0 Å². The number of amides is 2. The maximum Gasteiger partial charge on any atom is 0.407 e. The molecule has 6 nitrogen and oxygen atoms in total. The minimum absolute atomic E-state index is 0.223. The summed E-state index contributed by atoms with van der Waals surface area (Å²) in [6.07, 6.45) is 8.79. The molecule has 0 aromatic heterocycles. The van der Waals surface area contributed by atoms with E-state index in [1.807, 2.05) is 20.8 Å². The van der Waals surface area contributed by atoms with Crippen LogP contribution >= 0.6 is 0 Å². The average molecular weight is 368 g/mol. The molecular formula is C20H37N3O3. The molecule has 0 aromatic carbocycles. The number of alkyl carbamates (subject to hydrolysis) is 1. The van der Waals surface area contributed by atoms with Crippen molar-refractivity contribution in [2.75, 3.05) is 19.6 Å². The van der Waals surface area contributed by atoms with Crippen molar-refractivity contribution >= 4 is 12.0 Å². The lowest BCUT2D eigenvalue weighted by Crippen LogP contribution is -2.43. The summed E-state index contributed by atoms with van der Waals surface area (Å²) < 4.78 is 5.30. The molecule has 26 heavy (non-hydrogen) atoms. The third-order valence-electron chi connectivity index (χ3n) is 5.37. The van der Waals surface area contributed by atoms with Crippen molar-refractivity contribution in [2.24, 2.45) is 11.8 Å². The van der Waals surface area contributed by atoms with Crippen molar-refractivity contribution in [3.63, 3.8) is 0 Å². The maximum atomic E-state index is 12.1. The monoisotopic (exact) mass is 367 g/mol. The van der Waals surface area contributed by atoms with Gasteiger partial charge in [-0.3, -0.25) is 4.79 Å². The lowest BCUT2D eigenvalue weighted by Gasteiger charge is -2.24. The van der Waals surface area contributed by atoms with Gasteiger partial charge in [-0.1, -0.05) is 25.7 Å². The van der Waals surface area contributed by atoms with E-state index in [1.54, 1.807) is 0 Å². The highest BCUT2D eigenvalue weighted by Gasteiger charge is 2.28. The van der Waals surface area contributed by atoms with Crippen LogP contribution in [0.2, 0.25) is 0 Å². The predicted molar refractivity (Wildman–Crippen MR) is 103 cm³/mol. The summed E-state index contributed by atoms with van der Waals surface area (Å²) in [6.45, 7) is 7.71. The second kappa shape index (κ2) is 10.1. The van der Waals surface area contributed by atoms with E-state index in [-0.39, 0.29) is 17.9 Å². The lowest BCUT2D eigenvalue weighted by atomic mass is 9.89. The predicted octanol–water partition coefficient (Wildman–Crippen LogP) is 2.97. The van der Waals surface area contributed by atoms with Gasteiger partial charge in [-0.25, -0.2) is 4.79 Å². The number of carbonyl (C=O) groups is 2. The molecule has 150 valence electrons. The Morgan fingerprint density at radius 1 is 0.923 bits per heavy atom. The topological polar surface area (TPSA) is 79.5 Å². The Morgan fingerprint density at radius 3 is 2.35 bits per heavy atom. The second-order valence-electron chi connectivity index (χ2n) is 8.76. The summed E-state index contributed by atoms with van der Waals surface area (Å²) in [7, 11) is 0. The van der Waals surface area contributed by atoms with Gasteiger partial charge in [0.2, 0.25) is 5.91 Å². The molecule has 0 saturated heterocycles. The number of hydrogen-bond donors (Lipinski definition) is 3. The van der Waals surface area contributed by atoms with E-state index in [0.717, 1.165) is 32.2 Å². The molecule has 2 amide bonds. The smallest absolute Gasteiger partial charge is 0.407 e. The SMILES string of the molecule is CC(C)(C)OC(=O)NC[C@@H]1CCC[C@@H]1NCCNC(=O)C1CCCCC1. The van der Waals surface area contributed by atoms with Crippen molar-refractivity contribution in [3.05, 3.63) is 0 Å². The highest BCUT2D eigenvalue weighted by Crippen LogP contribution is 2.25. The van der Waals surface area contributed by atoms with Gasteiger partial charge in [-0.2, -0.15) is 0 Å². The molecule has 0 heterocycles. The molecule has 3 N–H and O–H groups in total. The molecule has 6 heteroatoms. The highest BCUT2D eigenvalue weighted by molar-refractivity contribution is 5.78. The summed E-state index contributed by atoms with van der Waals surface area (Å²) in [6, 6.07) is 0.400. The molecule has 2 aliphatic carbocycles. The molecule has 0 spiro atoms. The van der Waals surface area contributed by atoms with Crippen LogP contribution in [0.25, 0.3) is 0 Å².